The van der Waals surface area contributed by atoms with Crippen LogP contribution in [0, 0.1) is 23.7 Å². The van der Waals surface area contributed by atoms with Crippen LogP contribution >= 0.6 is 0 Å². The molecule has 0 aromatic heterocycles. The van der Waals surface area contributed by atoms with Crippen LogP contribution in [-0.4, -0.2) is 26.2 Å². The summed E-state index contributed by atoms with van der Waals surface area (Å²) in [6.07, 6.45) is 2.82. The van der Waals surface area contributed by atoms with Crippen molar-refractivity contribution in [1.82, 2.24) is 10.6 Å². The molecule has 2 saturated heterocycles. The molecular formula is C14H30CuN2. The van der Waals surface area contributed by atoms with Gasteiger partial charge in [0.25, 0.3) is 0 Å². The first-order valence-corrected chi connectivity index (χ1v) is 6.99. The molecule has 0 aromatic carbocycles. The summed E-state index contributed by atoms with van der Waals surface area (Å²) in [4.78, 5) is 0. The fourth-order valence-electron chi connectivity index (χ4n) is 2.86. The third-order valence-corrected chi connectivity index (χ3v) is 3.58. The first kappa shape index (κ1) is 17.4. The second-order valence-corrected chi connectivity index (χ2v) is 6.21. The Morgan fingerprint density at radius 1 is 0.588 bits per heavy atom. The predicted octanol–water partition coefficient (Wildman–Crippen LogP) is 2.50. The molecule has 2 N–H and O–H groups in total. The molecule has 0 aromatic rings. The van der Waals surface area contributed by atoms with Gasteiger partial charge in [-0.15, -0.1) is 0 Å². The molecule has 0 aliphatic carbocycles. The van der Waals surface area contributed by atoms with E-state index in [-0.39, 0.29) is 17.1 Å². The minimum absolute atomic E-state index is 0. The van der Waals surface area contributed by atoms with E-state index in [0.29, 0.717) is 0 Å². The zero-order chi connectivity index (χ0) is 12.0. The van der Waals surface area contributed by atoms with Crippen LogP contribution in [0.4, 0.5) is 0 Å². The van der Waals surface area contributed by atoms with Gasteiger partial charge in [0.2, 0.25) is 0 Å². The van der Waals surface area contributed by atoms with E-state index < -0.39 is 0 Å². The smallest absolute Gasteiger partial charge is 0 e. The fourth-order valence-corrected chi connectivity index (χ4v) is 2.86. The molecule has 0 saturated carbocycles. The summed E-state index contributed by atoms with van der Waals surface area (Å²) in [5.74, 6) is 3.61. The molecule has 2 rings (SSSR count). The normalized spacial score (nSPS) is 37.4. The molecule has 2 aliphatic rings. The van der Waals surface area contributed by atoms with E-state index in [0.717, 1.165) is 23.7 Å². The maximum absolute atomic E-state index is 3.38. The van der Waals surface area contributed by atoms with Crippen molar-refractivity contribution in [2.24, 2.45) is 23.7 Å². The summed E-state index contributed by atoms with van der Waals surface area (Å²) in [6, 6.07) is 0. The van der Waals surface area contributed by atoms with E-state index in [1.807, 2.05) is 0 Å². The molecule has 0 amide bonds. The number of hydrogen-bond acceptors (Lipinski definition) is 2. The second kappa shape index (κ2) is 9.38. The van der Waals surface area contributed by atoms with Crippen LogP contribution < -0.4 is 10.6 Å². The fraction of sp³-hybridized carbons (Fsp3) is 1.00. The van der Waals surface area contributed by atoms with Crippen molar-refractivity contribution in [2.45, 2.75) is 40.5 Å². The van der Waals surface area contributed by atoms with Gasteiger partial charge in [-0.3, -0.25) is 0 Å². The van der Waals surface area contributed by atoms with E-state index in [4.69, 9.17) is 0 Å². The van der Waals surface area contributed by atoms with Gasteiger partial charge in [-0.25, -0.2) is 0 Å². The predicted molar refractivity (Wildman–Crippen MR) is 71.6 cm³/mol. The Morgan fingerprint density at radius 3 is 0.941 bits per heavy atom. The molecule has 0 spiro atoms. The van der Waals surface area contributed by atoms with E-state index in [2.05, 4.69) is 38.3 Å². The molecule has 4 atom stereocenters. The minimum atomic E-state index is 0. The van der Waals surface area contributed by atoms with Crippen LogP contribution in [0.3, 0.4) is 0 Å². The van der Waals surface area contributed by atoms with Crippen molar-refractivity contribution in [1.29, 1.82) is 0 Å². The Bertz CT molecular complexity index is 151. The topological polar surface area (TPSA) is 24.1 Å². The van der Waals surface area contributed by atoms with Crippen molar-refractivity contribution in [3.63, 3.8) is 0 Å². The van der Waals surface area contributed by atoms with Crippen LogP contribution in [0.2, 0.25) is 0 Å². The van der Waals surface area contributed by atoms with E-state index in [9.17, 15) is 0 Å². The van der Waals surface area contributed by atoms with Crippen LogP contribution in [0.25, 0.3) is 0 Å². The molecule has 0 bridgehead atoms. The summed E-state index contributed by atoms with van der Waals surface area (Å²) < 4.78 is 0. The Labute approximate surface area is 118 Å². The van der Waals surface area contributed by atoms with Gasteiger partial charge < -0.3 is 10.6 Å². The van der Waals surface area contributed by atoms with Crippen molar-refractivity contribution in [2.75, 3.05) is 26.2 Å². The van der Waals surface area contributed by atoms with Crippen molar-refractivity contribution >= 4 is 0 Å². The summed E-state index contributed by atoms with van der Waals surface area (Å²) >= 11 is 0. The largest absolute Gasteiger partial charge is 0.316 e. The van der Waals surface area contributed by atoms with Crippen LogP contribution in [0.5, 0.6) is 0 Å². The Kier molecular flexibility index (Phi) is 9.62. The molecule has 4 unspecified atom stereocenters. The monoisotopic (exact) mass is 289 g/mol. The number of hydrogen-bond donors (Lipinski definition) is 2. The average Bonchev–Trinajstić information content (AvgIpc) is 2.17. The van der Waals surface area contributed by atoms with Gasteiger partial charge in [0, 0.05) is 17.1 Å². The van der Waals surface area contributed by atoms with Gasteiger partial charge in [-0.1, -0.05) is 27.7 Å². The summed E-state index contributed by atoms with van der Waals surface area (Å²) in [7, 11) is 0. The molecule has 3 heteroatoms. The van der Waals surface area contributed by atoms with Gasteiger partial charge in [-0.05, 0) is 62.7 Å². The van der Waals surface area contributed by atoms with E-state index in [1.165, 1.54) is 39.0 Å². The molecule has 1 radical (unpaired) electrons. The van der Waals surface area contributed by atoms with Gasteiger partial charge >= 0.3 is 0 Å². The number of rotatable bonds is 0. The minimum Gasteiger partial charge on any atom is -0.316 e. The maximum Gasteiger partial charge on any atom is 0 e. The number of piperidine rings is 2. The van der Waals surface area contributed by atoms with Crippen molar-refractivity contribution in [3.05, 3.63) is 0 Å². The Hall–Kier alpha value is 0.439. The zero-order valence-corrected chi connectivity index (χ0v) is 12.8. The third-order valence-electron chi connectivity index (χ3n) is 3.58. The third kappa shape index (κ3) is 8.20. The first-order chi connectivity index (χ1) is 7.58. The molecular weight excluding hydrogens is 260 g/mol. The molecule has 2 nitrogen and oxygen atoms in total. The standard InChI is InChI=1S/2C7H15N.Cu/c2*1-6-3-7(2)5-8-4-6;/h2*6-8H,3-5H2,1-2H3;. The first-order valence-electron chi connectivity index (χ1n) is 6.99. The molecule has 2 fully saturated rings. The van der Waals surface area contributed by atoms with Gasteiger partial charge in [0.1, 0.15) is 0 Å². The molecule has 2 heterocycles. The molecule has 107 valence electrons. The summed E-state index contributed by atoms with van der Waals surface area (Å²) in [6.45, 7) is 14.1. The molecule has 17 heavy (non-hydrogen) atoms. The maximum atomic E-state index is 3.38. The summed E-state index contributed by atoms with van der Waals surface area (Å²) in [5, 5.41) is 6.77. The van der Waals surface area contributed by atoms with E-state index in [1.54, 1.807) is 0 Å². The molecule has 2 aliphatic heterocycles. The van der Waals surface area contributed by atoms with Crippen LogP contribution in [0.1, 0.15) is 40.5 Å². The van der Waals surface area contributed by atoms with Crippen LogP contribution in [-0.2, 0) is 17.1 Å². The van der Waals surface area contributed by atoms with Gasteiger partial charge in [0.15, 0.2) is 0 Å². The van der Waals surface area contributed by atoms with Crippen LogP contribution in [0.15, 0.2) is 0 Å². The van der Waals surface area contributed by atoms with Crippen molar-refractivity contribution < 1.29 is 17.1 Å². The average molecular weight is 290 g/mol. The Balaban J connectivity index is 0.000000284. The SMILES string of the molecule is CC1CNCC(C)C1.CC1CNCC(C)C1.[Cu]. The zero-order valence-electron chi connectivity index (χ0n) is 11.9. The van der Waals surface area contributed by atoms with E-state index >= 15 is 0 Å². The quantitative estimate of drug-likeness (QED) is 0.670. The van der Waals surface area contributed by atoms with Crippen molar-refractivity contribution in [3.8, 4) is 0 Å². The Morgan fingerprint density at radius 2 is 0.824 bits per heavy atom. The van der Waals surface area contributed by atoms with Gasteiger partial charge in [-0.2, -0.15) is 0 Å². The summed E-state index contributed by atoms with van der Waals surface area (Å²) in [5.41, 5.74) is 0. The van der Waals surface area contributed by atoms with Gasteiger partial charge in [0.05, 0.1) is 0 Å². The second-order valence-electron chi connectivity index (χ2n) is 6.21. The number of nitrogens with one attached hydrogen (secondary N) is 2.